The highest BCUT2D eigenvalue weighted by Gasteiger charge is 2.15. The largest absolute Gasteiger partial charge is 0.490 e. The smallest absolute Gasteiger partial charge is 0.248 e. The fourth-order valence-corrected chi connectivity index (χ4v) is 4.13. The van der Waals surface area contributed by atoms with E-state index in [1.54, 1.807) is 24.4 Å². The Kier molecular flexibility index (Phi) is 7.91. The Morgan fingerprint density at radius 2 is 1.74 bits per heavy atom. The molecule has 178 valence electrons. The Morgan fingerprint density at radius 3 is 2.51 bits per heavy atom. The molecule has 1 amide bonds. The topological polar surface area (TPSA) is 60.5 Å². The van der Waals surface area contributed by atoms with Gasteiger partial charge in [0.1, 0.15) is 0 Å². The average Bonchev–Trinajstić information content (AvgIpc) is 2.85. The number of benzene rings is 3. The summed E-state index contributed by atoms with van der Waals surface area (Å²) in [6.07, 6.45) is 4.81. The Labute approximate surface area is 214 Å². The second-order valence-corrected chi connectivity index (χ2v) is 8.43. The van der Waals surface area contributed by atoms with Crippen LogP contribution in [0.25, 0.3) is 28.1 Å². The molecule has 7 heteroatoms. The van der Waals surface area contributed by atoms with Gasteiger partial charge in [0.25, 0.3) is 0 Å². The van der Waals surface area contributed by atoms with Gasteiger partial charge in [-0.1, -0.05) is 47.5 Å². The molecule has 35 heavy (non-hydrogen) atoms. The molecule has 0 atom stereocenters. The summed E-state index contributed by atoms with van der Waals surface area (Å²) < 4.78 is 11.3. The summed E-state index contributed by atoms with van der Waals surface area (Å²) in [5.41, 5.74) is 3.61. The van der Waals surface area contributed by atoms with Crippen LogP contribution in [-0.4, -0.2) is 24.1 Å². The highest BCUT2D eigenvalue weighted by Crippen LogP contribution is 2.39. The van der Waals surface area contributed by atoms with Gasteiger partial charge in [-0.05, 0) is 61.9 Å². The molecule has 0 bridgehead atoms. The minimum atomic E-state index is -0.312. The summed E-state index contributed by atoms with van der Waals surface area (Å²) in [6.45, 7) is 4.88. The van der Waals surface area contributed by atoms with E-state index in [4.69, 9.17) is 32.7 Å². The molecular weight excluding hydrogens is 483 g/mol. The van der Waals surface area contributed by atoms with Gasteiger partial charge in [0.2, 0.25) is 5.91 Å². The van der Waals surface area contributed by atoms with Crippen LogP contribution in [-0.2, 0) is 4.79 Å². The van der Waals surface area contributed by atoms with Crippen LogP contribution in [0.15, 0.2) is 72.9 Å². The van der Waals surface area contributed by atoms with Crippen molar-refractivity contribution in [3.8, 4) is 22.6 Å². The van der Waals surface area contributed by atoms with E-state index < -0.39 is 0 Å². The van der Waals surface area contributed by atoms with Crippen LogP contribution in [0, 0.1) is 0 Å². The number of ether oxygens (including phenoxy) is 2. The maximum absolute atomic E-state index is 12.9. The third kappa shape index (κ3) is 5.76. The lowest BCUT2D eigenvalue weighted by Gasteiger charge is -2.15. The molecule has 5 nitrogen and oxygen atoms in total. The fourth-order valence-electron chi connectivity index (χ4n) is 3.73. The lowest BCUT2D eigenvalue weighted by molar-refractivity contribution is -0.111. The lowest BCUT2D eigenvalue weighted by atomic mass is 9.99. The minimum Gasteiger partial charge on any atom is -0.490 e. The molecule has 0 radical (unpaired) electrons. The van der Waals surface area contributed by atoms with Crippen molar-refractivity contribution in [2.24, 2.45) is 0 Å². The molecule has 4 aromatic rings. The Morgan fingerprint density at radius 1 is 0.971 bits per heavy atom. The summed E-state index contributed by atoms with van der Waals surface area (Å²) in [5, 5.41) is 4.86. The number of nitrogens with zero attached hydrogens (tertiary/aromatic N) is 1. The second kappa shape index (κ2) is 11.3. The monoisotopic (exact) mass is 506 g/mol. The summed E-state index contributed by atoms with van der Waals surface area (Å²) in [7, 11) is 0. The molecule has 0 unspecified atom stereocenters. The van der Waals surface area contributed by atoms with Gasteiger partial charge in [0, 0.05) is 32.6 Å². The molecule has 0 fully saturated rings. The minimum absolute atomic E-state index is 0.312. The van der Waals surface area contributed by atoms with E-state index in [-0.39, 0.29) is 5.91 Å². The van der Waals surface area contributed by atoms with Crippen LogP contribution < -0.4 is 14.8 Å². The van der Waals surface area contributed by atoms with E-state index in [9.17, 15) is 4.79 Å². The highest BCUT2D eigenvalue weighted by atomic mass is 35.5. The Balaban J connectivity index is 1.67. The molecule has 0 saturated heterocycles. The standard InChI is InChI=1S/C28H24Cl2N2O3/c1-3-34-25-13-9-18(15-26(25)35-4-2)10-14-27(33)32-24-17-31-23-12-11-19(29)16-21(23)28(24)20-7-5-6-8-22(20)30/h5-17H,3-4H2,1-2H3,(H,32,33). The van der Waals surface area contributed by atoms with Crippen molar-refractivity contribution in [3.05, 3.63) is 88.5 Å². The summed E-state index contributed by atoms with van der Waals surface area (Å²) in [6, 6.07) is 18.4. The van der Waals surface area contributed by atoms with Crippen molar-refractivity contribution in [1.29, 1.82) is 0 Å². The first kappa shape index (κ1) is 24.6. The first-order chi connectivity index (χ1) is 17.0. The average molecular weight is 507 g/mol. The first-order valence-electron chi connectivity index (χ1n) is 11.2. The van der Waals surface area contributed by atoms with Crippen molar-refractivity contribution in [2.75, 3.05) is 18.5 Å². The third-order valence-electron chi connectivity index (χ3n) is 5.23. The number of carbonyl (C=O) groups excluding carboxylic acids is 1. The molecular formula is C28H24Cl2N2O3. The summed E-state index contributed by atoms with van der Waals surface area (Å²) in [5.74, 6) is 0.989. The number of carbonyl (C=O) groups is 1. The van der Waals surface area contributed by atoms with E-state index in [0.29, 0.717) is 40.4 Å². The Hall–Kier alpha value is -3.54. The maximum atomic E-state index is 12.9. The van der Waals surface area contributed by atoms with Crippen LogP contribution in [0.2, 0.25) is 10.0 Å². The van der Waals surface area contributed by atoms with Crippen LogP contribution in [0.3, 0.4) is 0 Å². The fraction of sp³-hybridized carbons (Fsp3) is 0.143. The van der Waals surface area contributed by atoms with Gasteiger partial charge in [-0.15, -0.1) is 0 Å². The molecule has 3 aromatic carbocycles. The predicted octanol–water partition coefficient (Wildman–Crippen LogP) is 7.66. The molecule has 0 spiro atoms. The van der Waals surface area contributed by atoms with Gasteiger partial charge in [-0.25, -0.2) is 0 Å². The van der Waals surface area contributed by atoms with Crippen LogP contribution in [0.5, 0.6) is 11.5 Å². The molecule has 4 rings (SSSR count). The maximum Gasteiger partial charge on any atom is 0.248 e. The van der Waals surface area contributed by atoms with Gasteiger partial charge in [-0.2, -0.15) is 0 Å². The second-order valence-electron chi connectivity index (χ2n) is 7.58. The number of hydrogen-bond donors (Lipinski definition) is 1. The zero-order chi connectivity index (χ0) is 24.8. The number of nitrogens with one attached hydrogen (secondary N) is 1. The molecule has 1 aromatic heterocycles. The summed E-state index contributed by atoms with van der Waals surface area (Å²) >= 11 is 12.8. The SMILES string of the molecule is CCOc1ccc(C=CC(=O)Nc2cnc3ccc(Cl)cc3c2-c2ccccc2Cl)cc1OCC. The molecule has 1 heterocycles. The van der Waals surface area contributed by atoms with Crippen LogP contribution in [0.4, 0.5) is 5.69 Å². The number of rotatable bonds is 8. The molecule has 0 aliphatic rings. The first-order valence-corrected chi connectivity index (χ1v) is 12.0. The number of amides is 1. The number of aromatic nitrogens is 1. The number of anilines is 1. The van der Waals surface area contributed by atoms with Crippen LogP contribution in [0.1, 0.15) is 19.4 Å². The number of fused-ring (bicyclic) bond motifs is 1. The summed E-state index contributed by atoms with van der Waals surface area (Å²) in [4.78, 5) is 17.4. The van der Waals surface area contributed by atoms with E-state index >= 15 is 0 Å². The van der Waals surface area contributed by atoms with Crippen molar-refractivity contribution in [2.45, 2.75) is 13.8 Å². The van der Waals surface area contributed by atoms with E-state index in [1.165, 1.54) is 6.08 Å². The van der Waals surface area contributed by atoms with Crippen molar-refractivity contribution in [3.63, 3.8) is 0 Å². The molecule has 1 N–H and O–H groups in total. The van der Waals surface area contributed by atoms with Crippen molar-refractivity contribution < 1.29 is 14.3 Å². The normalized spacial score (nSPS) is 11.1. The number of halogens is 2. The van der Waals surface area contributed by atoms with E-state index in [0.717, 1.165) is 27.6 Å². The van der Waals surface area contributed by atoms with Gasteiger partial charge < -0.3 is 14.8 Å². The van der Waals surface area contributed by atoms with Gasteiger partial charge in [-0.3, -0.25) is 9.78 Å². The van der Waals surface area contributed by atoms with Gasteiger partial charge >= 0.3 is 0 Å². The zero-order valence-electron chi connectivity index (χ0n) is 19.3. The lowest BCUT2D eigenvalue weighted by Crippen LogP contribution is -2.09. The predicted molar refractivity (Wildman–Crippen MR) is 144 cm³/mol. The van der Waals surface area contributed by atoms with Gasteiger partial charge in [0.15, 0.2) is 11.5 Å². The van der Waals surface area contributed by atoms with Crippen molar-refractivity contribution in [1.82, 2.24) is 4.98 Å². The van der Waals surface area contributed by atoms with Crippen LogP contribution >= 0.6 is 23.2 Å². The Bertz CT molecular complexity index is 1400. The van der Waals surface area contributed by atoms with Crippen molar-refractivity contribution >= 4 is 51.8 Å². The molecule has 0 aliphatic heterocycles. The highest BCUT2D eigenvalue weighted by molar-refractivity contribution is 6.34. The van der Waals surface area contributed by atoms with Gasteiger partial charge in [0.05, 0.1) is 30.6 Å². The number of pyridine rings is 1. The zero-order valence-corrected chi connectivity index (χ0v) is 20.9. The third-order valence-corrected chi connectivity index (χ3v) is 5.79. The number of hydrogen-bond acceptors (Lipinski definition) is 4. The molecule has 0 aliphatic carbocycles. The van der Waals surface area contributed by atoms with E-state index in [1.807, 2.05) is 62.4 Å². The molecule has 0 saturated carbocycles. The quantitative estimate of drug-likeness (QED) is 0.249. The van der Waals surface area contributed by atoms with E-state index in [2.05, 4.69) is 10.3 Å².